The Balaban J connectivity index is 1.15. The molecule has 11 nitrogen and oxygen atoms in total. The SMILES string of the molecule is Nc1nc(N2CCC[C@H]2C(=O)N2CCN(CC3(C(F)(F)F)CC3)CC2)nc2nc(-c3ccco3)nn12. The first kappa shape index (κ1) is 23.0. The van der Waals surface area contributed by atoms with E-state index in [1.807, 2.05) is 9.80 Å². The second-order valence-corrected chi connectivity index (χ2v) is 9.74. The van der Waals surface area contributed by atoms with Crippen molar-refractivity contribution in [2.75, 3.05) is 49.9 Å². The van der Waals surface area contributed by atoms with Gasteiger partial charge in [-0.3, -0.25) is 9.69 Å². The molecule has 2 saturated heterocycles. The number of piperazine rings is 1. The summed E-state index contributed by atoms with van der Waals surface area (Å²) in [6.45, 7) is 2.26. The fraction of sp³-hybridized carbons (Fsp3) is 0.591. The fourth-order valence-corrected chi connectivity index (χ4v) is 5.14. The first-order valence-electron chi connectivity index (χ1n) is 12.0. The van der Waals surface area contributed by atoms with Crippen LogP contribution >= 0.6 is 0 Å². The number of nitrogen functional groups attached to an aromatic ring is 1. The second kappa shape index (κ2) is 8.32. The molecule has 0 radical (unpaired) electrons. The van der Waals surface area contributed by atoms with Gasteiger partial charge in [0.25, 0.3) is 5.78 Å². The van der Waals surface area contributed by atoms with Crippen LogP contribution in [0.15, 0.2) is 22.8 Å². The van der Waals surface area contributed by atoms with Gasteiger partial charge in [-0.25, -0.2) is 0 Å². The average molecular weight is 506 g/mol. The van der Waals surface area contributed by atoms with Gasteiger partial charge in [0, 0.05) is 39.3 Å². The van der Waals surface area contributed by atoms with Gasteiger partial charge >= 0.3 is 6.18 Å². The van der Waals surface area contributed by atoms with E-state index < -0.39 is 17.6 Å². The molecule has 14 heteroatoms. The van der Waals surface area contributed by atoms with Gasteiger partial charge in [-0.15, -0.1) is 5.10 Å². The number of nitrogens with two attached hydrogens (primary N) is 1. The van der Waals surface area contributed by atoms with Gasteiger partial charge in [0.1, 0.15) is 6.04 Å². The molecule has 1 atom stereocenters. The van der Waals surface area contributed by atoms with E-state index in [4.69, 9.17) is 10.2 Å². The van der Waals surface area contributed by atoms with Crippen LogP contribution in [0.1, 0.15) is 25.7 Å². The van der Waals surface area contributed by atoms with Gasteiger partial charge in [-0.1, -0.05) is 0 Å². The summed E-state index contributed by atoms with van der Waals surface area (Å²) < 4.78 is 46.7. The first-order chi connectivity index (χ1) is 17.2. The topological polar surface area (TPSA) is 122 Å². The van der Waals surface area contributed by atoms with Crippen molar-refractivity contribution in [3.63, 3.8) is 0 Å². The molecule has 192 valence electrons. The van der Waals surface area contributed by atoms with Crippen molar-refractivity contribution < 1.29 is 22.4 Å². The lowest BCUT2D eigenvalue weighted by Gasteiger charge is -2.38. The highest BCUT2D eigenvalue weighted by Gasteiger charge is 2.63. The van der Waals surface area contributed by atoms with Crippen LogP contribution in [0.25, 0.3) is 17.4 Å². The van der Waals surface area contributed by atoms with Crippen LogP contribution in [0.5, 0.6) is 0 Å². The summed E-state index contributed by atoms with van der Waals surface area (Å²) in [5.74, 6) is 1.36. The van der Waals surface area contributed by atoms with E-state index in [1.165, 1.54) is 10.8 Å². The smallest absolute Gasteiger partial charge is 0.395 e. The number of amides is 1. The van der Waals surface area contributed by atoms with Gasteiger partial charge in [-0.05, 0) is 37.8 Å². The third-order valence-corrected chi connectivity index (χ3v) is 7.42. The molecule has 1 saturated carbocycles. The molecule has 0 spiro atoms. The lowest BCUT2D eigenvalue weighted by atomic mass is 10.1. The van der Waals surface area contributed by atoms with Crippen LogP contribution in [0.2, 0.25) is 0 Å². The molecular weight excluding hydrogens is 479 g/mol. The summed E-state index contributed by atoms with van der Waals surface area (Å²) in [6.07, 6.45) is -0.860. The lowest BCUT2D eigenvalue weighted by molar-refractivity contribution is -0.193. The molecule has 2 aliphatic heterocycles. The van der Waals surface area contributed by atoms with Crippen LogP contribution in [-0.2, 0) is 4.79 Å². The highest BCUT2D eigenvalue weighted by atomic mass is 19.4. The van der Waals surface area contributed by atoms with E-state index in [0.29, 0.717) is 56.7 Å². The highest BCUT2D eigenvalue weighted by Crippen LogP contribution is 2.57. The number of halogens is 3. The average Bonchev–Trinajstić information content (AvgIpc) is 3.26. The Bertz CT molecular complexity index is 1260. The minimum atomic E-state index is -4.17. The van der Waals surface area contributed by atoms with E-state index in [2.05, 4.69) is 20.1 Å². The largest absolute Gasteiger partial charge is 0.461 e. The Morgan fingerprint density at radius 3 is 2.58 bits per heavy atom. The maximum Gasteiger partial charge on any atom is 0.395 e. The number of carbonyl (C=O) groups is 1. The molecule has 1 aliphatic carbocycles. The summed E-state index contributed by atoms with van der Waals surface area (Å²) in [4.78, 5) is 32.1. The molecule has 0 unspecified atom stereocenters. The number of fused-ring (bicyclic) bond motifs is 1. The Morgan fingerprint density at radius 2 is 1.92 bits per heavy atom. The van der Waals surface area contributed by atoms with Crippen LogP contribution < -0.4 is 10.6 Å². The number of anilines is 2. The molecule has 3 aromatic rings. The molecule has 5 heterocycles. The molecule has 0 bridgehead atoms. The Kier molecular flexibility index (Phi) is 5.32. The van der Waals surface area contributed by atoms with Gasteiger partial charge < -0.3 is 20.0 Å². The quantitative estimate of drug-likeness (QED) is 0.553. The normalized spacial score (nSPS) is 22.5. The number of carbonyl (C=O) groups excluding carboxylic acids is 1. The van der Waals surface area contributed by atoms with Crippen molar-refractivity contribution >= 4 is 23.6 Å². The number of alkyl halides is 3. The molecule has 3 aromatic heterocycles. The van der Waals surface area contributed by atoms with E-state index in [1.54, 1.807) is 17.0 Å². The molecule has 36 heavy (non-hydrogen) atoms. The molecule has 6 rings (SSSR count). The molecule has 0 aromatic carbocycles. The van der Waals surface area contributed by atoms with Crippen LogP contribution in [-0.4, -0.2) is 91.8 Å². The van der Waals surface area contributed by atoms with Crippen molar-refractivity contribution in [1.82, 2.24) is 34.4 Å². The zero-order chi connectivity index (χ0) is 25.1. The first-order valence-corrected chi connectivity index (χ1v) is 12.0. The molecule has 2 N–H and O–H groups in total. The van der Waals surface area contributed by atoms with Crippen molar-refractivity contribution in [2.24, 2.45) is 5.41 Å². The monoisotopic (exact) mass is 505 g/mol. The van der Waals surface area contributed by atoms with Crippen LogP contribution in [0.4, 0.5) is 25.1 Å². The Morgan fingerprint density at radius 1 is 1.14 bits per heavy atom. The summed E-state index contributed by atoms with van der Waals surface area (Å²) in [5, 5.41) is 4.29. The van der Waals surface area contributed by atoms with E-state index in [9.17, 15) is 18.0 Å². The molecule has 3 fully saturated rings. The number of nitrogens with zero attached hydrogens (tertiary/aromatic N) is 8. The predicted octanol–water partition coefficient (Wildman–Crippen LogP) is 1.82. The fourth-order valence-electron chi connectivity index (χ4n) is 5.14. The highest BCUT2D eigenvalue weighted by molar-refractivity contribution is 5.85. The Labute approximate surface area is 204 Å². The van der Waals surface area contributed by atoms with Crippen molar-refractivity contribution in [3.05, 3.63) is 18.4 Å². The van der Waals surface area contributed by atoms with Crippen molar-refractivity contribution in [3.8, 4) is 11.6 Å². The van der Waals surface area contributed by atoms with Crippen molar-refractivity contribution in [2.45, 2.75) is 37.9 Å². The zero-order valence-electron chi connectivity index (χ0n) is 19.5. The molecule has 1 amide bonds. The number of hydrogen-bond acceptors (Lipinski definition) is 9. The number of aromatic nitrogens is 5. The predicted molar refractivity (Wildman–Crippen MR) is 122 cm³/mol. The third kappa shape index (κ3) is 3.92. The standard InChI is InChI=1S/C22H26F3N9O2/c23-22(24,25)21(5-6-21)13-31-8-10-32(11-9-31)17(35)14-3-1-7-33(14)19-28-18(26)34-20(29-19)27-16(30-34)15-4-2-12-36-15/h2,4,12,14H,1,3,5-11,13H2,(H2,26,27,28,29,30)/t14-/m0/s1. The van der Waals surface area contributed by atoms with Gasteiger partial charge in [0.15, 0.2) is 5.76 Å². The zero-order valence-corrected chi connectivity index (χ0v) is 19.5. The summed E-state index contributed by atoms with van der Waals surface area (Å²) in [6, 6.07) is 2.99. The van der Waals surface area contributed by atoms with Crippen LogP contribution in [0, 0.1) is 5.41 Å². The van der Waals surface area contributed by atoms with E-state index in [0.717, 1.165) is 6.42 Å². The minimum Gasteiger partial charge on any atom is -0.461 e. The van der Waals surface area contributed by atoms with Crippen molar-refractivity contribution in [1.29, 1.82) is 0 Å². The maximum absolute atomic E-state index is 13.4. The summed E-state index contributed by atoms with van der Waals surface area (Å²) in [5.41, 5.74) is 4.57. The minimum absolute atomic E-state index is 0.0135. The van der Waals surface area contributed by atoms with Gasteiger partial charge in [0.2, 0.25) is 23.6 Å². The van der Waals surface area contributed by atoms with E-state index >= 15 is 0 Å². The molecule has 3 aliphatic rings. The van der Waals surface area contributed by atoms with Gasteiger partial charge in [-0.2, -0.15) is 32.6 Å². The van der Waals surface area contributed by atoms with Crippen LogP contribution in [0.3, 0.4) is 0 Å². The second-order valence-electron chi connectivity index (χ2n) is 9.74. The summed E-state index contributed by atoms with van der Waals surface area (Å²) >= 11 is 0. The third-order valence-electron chi connectivity index (χ3n) is 7.42. The number of furan rings is 1. The lowest BCUT2D eigenvalue weighted by Crippen LogP contribution is -2.55. The number of hydrogen-bond donors (Lipinski definition) is 1. The van der Waals surface area contributed by atoms with Gasteiger partial charge in [0.05, 0.1) is 11.7 Å². The Hall–Kier alpha value is -3.42. The maximum atomic E-state index is 13.4. The summed E-state index contributed by atoms with van der Waals surface area (Å²) in [7, 11) is 0. The van der Waals surface area contributed by atoms with E-state index in [-0.39, 0.29) is 37.0 Å². The molecular formula is C22H26F3N9O2. The number of rotatable bonds is 5.